The molecule has 0 radical (unpaired) electrons. The number of hydrogen-bond acceptors (Lipinski definition) is 5. The minimum absolute atomic E-state index is 0.121. The molecule has 1 amide bonds. The Morgan fingerprint density at radius 2 is 1.44 bits per heavy atom. The molecule has 3 N–H and O–H groups in total. The van der Waals surface area contributed by atoms with Crippen LogP contribution in [-0.2, 0) is 10.0 Å². The lowest BCUT2D eigenvalue weighted by atomic mass is 10.1. The Bertz CT molecular complexity index is 1060. The third kappa shape index (κ3) is 4.52. The van der Waals surface area contributed by atoms with Crippen LogP contribution in [0.15, 0.2) is 70.3 Å². The first-order chi connectivity index (χ1) is 12.8. The highest BCUT2D eigenvalue weighted by Crippen LogP contribution is 2.21. The van der Waals surface area contributed by atoms with Crippen molar-refractivity contribution in [2.24, 2.45) is 0 Å². The highest BCUT2D eigenvalue weighted by atomic mass is 32.2. The van der Waals surface area contributed by atoms with E-state index >= 15 is 0 Å². The first-order valence-corrected chi connectivity index (χ1v) is 10.0. The maximum absolute atomic E-state index is 12.3. The summed E-state index contributed by atoms with van der Waals surface area (Å²) in [4.78, 5) is 23.1. The Kier molecular flexibility index (Phi) is 5.24. The Labute approximate surface area is 159 Å². The van der Waals surface area contributed by atoms with Gasteiger partial charge in [0.1, 0.15) is 4.21 Å². The molecule has 0 unspecified atom stereocenters. The number of carboxylic acids is 1. The Morgan fingerprint density at radius 3 is 2.00 bits per heavy atom. The van der Waals surface area contributed by atoms with E-state index in [2.05, 4.69) is 10.0 Å². The minimum Gasteiger partial charge on any atom is -0.478 e. The highest BCUT2D eigenvalue weighted by Gasteiger charge is 2.15. The third-order valence-corrected chi connectivity index (χ3v) is 6.33. The third-order valence-electron chi connectivity index (χ3n) is 3.55. The maximum atomic E-state index is 12.3. The van der Waals surface area contributed by atoms with Crippen LogP contribution in [0.4, 0.5) is 11.4 Å². The summed E-state index contributed by atoms with van der Waals surface area (Å²) in [5.74, 6) is -1.45. The van der Waals surface area contributed by atoms with E-state index in [9.17, 15) is 18.0 Å². The van der Waals surface area contributed by atoms with Crippen LogP contribution < -0.4 is 10.0 Å². The molecule has 138 valence electrons. The molecule has 0 spiro atoms. The SMILES string of the molecule is O=C(O)c1ccc(NC(=O)c2ccc(NS(=O)(=O)c3cccs3)cc2)cc1. The first-order valence-electron chi connectivity index (χ1n) is 7.66. The van der Waals surface area contributed by atoms with Gasteiger partial charge >= 0.3 is 5.97 Å². The van der Waals surface area contributed by atoms with Gasteiger partial charge < -0.3 is 10.4 Å². The number of amides is 1. The Morgan fingerprint density at radius 1 is 0.852 bits per heavy atom. The molecule has 0 saturated carbocycles. The average molecular weight is 402 g/mol. The molecule has 0 aliphatic heterocycles. The van der Waals surface area contributed by atoms with Gasteiger partial charge in [0.05, 0.1) is 5.56 Å². The number of carboxylic acid groups (broad SMARTS) is 1. The Balaban J connectivity index is 1.67. The standard InChI is InChI=1S/C18H14N2O5S2/c21-17(19-14-7-5-13(6-8-14)18(22)23)12-3-9-15(10-4-12)20-27(24,25)16-2-1-11-26-16/h1-11,20H,(H,19,21)(H,22,23). The number of rotatable bonds is 6. The monoisotopic (exact) mass is 402 g/mol. The van der Waals surface area contributed by atoms with Crippen molar-refractivity contribution in [3.05, 3.63) is 77.2 Å². The largest absolute Gasteiger partial charge is 0.478 e. The number of aromatic carboxylic acids is 1. The van der Waals surface area contributed by atoms with Crippen molar-refractivity contribution < 1.29 is 23.1 Å². The highest BCUT2D eigenvalue weighted by molar-refractivity contribution is 7.94. The quantitative estimate of drug-likeness (QED) is 0.584. The number of nitrogens with one attached hydrogen (secondary N) is 2. The number of thiophene rings is 1. The zero-order valence-electron chi connectivity index (χ0n) is 13.7. The molecule has 7 nitrogen and oxygen atoms in total. The topological polar surface area (TPSA) is 113 Å². The molecule has 2 aromatic carbocycles. The smallest absolute Gasteiger partial charge is 0.335 e. The second-order valence-electron chi connectivity index (χ2n) is 5.45. The predicted octanol–water partition coefficient (Wildman–Crippen LogP) is 3.50. The van der Waals surface area contributed by atoms with Crippen molar-refractivity contribution in [3.63, 3.8) is 0 Å². The van der Waals surface area contributed by atoms with Gasteiger partial charge in [-0.1, -0.05) is 6.07 Å². The molecule has 0 saturated heterocycles. The fraction of sp³-hybridized carbons (Fsp3) is 0. The number of benzene rings is 2. The summed E-state index contributed by atoms with van der Waals surface area (Å²) < 4.78 is 27.0. The van der Waals surface area contributed by atoms with Crippen molar-refractivity contribution in [3.8, 4) is 0 Å². The van der Waals surface area contributed by atoms with Crippen molar-refractivity contribution in [1.82, 2.24) is 0 Å². The van der Waals surface area contributed by atoms with Crippen LogP contribution in [0.2, 0.25) is 0 Å². The molecule has 9 heteroatoms. The van der Waals surface area contributed by atoms with Crippen molar-refractivity contribution in [1.29, 1.82) is 0 Å². The van der Waals surface area contributed by atoms with E-state index in [1.54, 1.807) is 11.4 Å². The molecule has 3 rings (SSSR count). The molecule has 0 atom stereocenters. The zero-order valence-corrected chi connectivity index (χ0v) is 15.4. The van der Waals surface area contributed by atoms with Gasteiger partial charge in [-0.2, -0.15) is 0 Å². The lowest BCUT2D eigenvalue weighted by Crippen LogP contribution is -2.13. The van der Waals surface area contributed by atoms with E-state index in [1.165, 1.54) is 54.6 Å². The van der Waals surface area contributed by atoms with Gasteiger partial charge in [0.2, 0.25) is 0 Å². The van der Waals surface area contributed by atoms with Gasteiger partial charge in [-0.25, -0.2) is 13.2 Å². The van der Waals surface area contributed by atoms with Crippen LogP contribution in [0.25, 0.3) is 0 Å². The molecule has 0 fully saturated rings. The summed E-state index contributed by atoms with van der Waals surface area (Å²) in [5, 5.41) is 13.2. The molecule has 0 bridgehead atoms. The average Bonchev–Trinajstić information content (AvgIpc) is 3.18. The van der Waals surface area contributed by atoms with Gasteiger partial charge in [-0.05, 0) is 60.0 Å². The molecule has 1 aromatic heterocycles. The van der Waals surface area contributed by atoms with E-state index in [-0.39, 0.29) is 9.77 Å². The van der Waals surface area contributed by atoms with E-state index in [0.717, 1.165) is 11.3 Å². The predicted molar refractivity (Wildman–Crippen MR) is 103 cm³/mol. The molecule has 27 heavy (non-hydrogen) atoms. The van der Waals surface area contributed by atoms with E-state index in [1.807, 2.05) is 0 Å². The van der Waals surface area contributed by atoms with E-state index < -0.39 is 21.9 Å². The molecular formula is C18H14N2O5S2. The van der Waals surface area contributed by atoms with Crippen LogP contribution in [-0.4, -0.2) is 25.4 Å². The summed E-state index contributed by atoms with van der Waals surface area (Å²) in [6.45, 7) is 0. The summed E-state index contributed by atoms with van der Waals surface area (Å²) >= 11 is 1.11. The van der Waals surface area contributed by atoms with Crippen molar-refractivity contribution in [2.75, 3.05) is 10.0 Å². The van der Waals surface area contributed by atoms with Crippen molar-refractivity contribution in [2.45, 2.75) is 4.21 Å². The normalized spacial score (nSPS) is 11.0. The van der Waals surface area contributed by atoms with Gasteiger partial charge in [0.25, 0.3) is 15.9 Å². The lowest BCUT2D eigenvalue weighted by Gasteiger charge is -2.08. The fourth-order valence-corrected chi connectivity index (χ4v) is 4.26. The van der Waals surface area contributed by atoms with Crippen LogP contribution in [0.1, 0.15) is 20.7 Å². The second kappa shape index (κ2) is 7.60. The summed E-state index contributed by atoms with van der Waals surface area (Å²) in [7, 11) is -3.64. The summed E-state index contributed by atoms with van der Waals surface area (Å²) in [6, 6.07) is 14.9. The zero-order chi connectivity index (χ0) is 19.4. The number of carbonyl (C=O) groups is 2. The fourth-order valence-electron chi connectivity index (χ4n) is 2.21. The maximum Gasteiger partial charge on any atom is 0.335 e. The molecular weight excluding hydrogens is 388 g/mol. The number of carbonyl (C=O) groups excluding carboxylic acids is 1. The van der Waals surface area contributed by atoms with E-state index in [4.69, 9.17) is 5.11 Å². The number of anilines is 2. The second-order valence-corrected chi connectivity index (χ2v) is 8.31. The Hall–Kier alpha value is -3.17. The molecule has 0 aliphatic rings. The minimum atomic E-state index is -3.64. The molecule has 0 aliphatic carbocycles. The number of hydrogen-bond donors (Lipinski definition) is 3. The van der Waals surface area contributed by atoms with Crippen LogP contribution in [0.5, 0.6) is 0 Å². The number of sulfonamides is 1. The van der Waals surface area contributed by atoms with Gasteiger partial charge in [-0.15, -0.1) is 11.3 Å². The summed E-state index contributed by atoms with van der Waals surface area (Å²) in [5.41, 5.74) is 1.24. The summed E-state index contributed by atoms with van der Waals surface area (Å²) in [6.07, 6.45) is 0. The first kappa shape index (κ1) is 18.6. The molecule has 3 aromatic rings. The van der Waals surface area contributed by atoms with Crippen molar-refractivity contribution >= 4 is 44.6 Å². The van der Waals surface area contributed by atoms with Gasteiger partial charge in [-0.3, -0.25) is 9.52 Å². The van der Waals surface area contributed by atoms with E-state index in [0.29, 0.717) is 16.9 Å². The molecule has 1 heterocycles. The van der Waals surface area contributed by atoms with Crippen LogP contribution in [0.3, 0.4) is 0 Å². The van der Waals surface area contributed by atoms with Crippen LogP contribution >= 0.6 is 11.3 Å². The van der Waals surface area contributed by atoms with Gasteiger partial charge in [0.15, 0.2) is 0 Å². The van der Waals surface area contributed by atoms with Crippen LogP contribution in [0, 0.1) is 0 Å². The lowest BCUT2D eigenvalue weighted by molar-refractivity contribution is 0.0696. The van der Waals surface area contributed by atoms with Gasteiger partial charge in [0, 0.05) is 16.9 Å².